The summed E-state index contributed by atoms with van der Waals surface area (Å²) < 4.78 is 0. The van der Waals surface area contributed by atoms with E-state index >= 15 is 0 Å². The van der Waals surface area contributed by atoms with Gasteiger partial charge in [0, 0.05) is 13.1 Å². The van der Waals surface area contributed by atoms with Crippen LogP contribution in [0.3, 0.4) is 0 Å². The molecule has 0 aliphatic carbocycles. The van der Waals surface area contributed by atoms with Crippen molar-refractivity contribution in [3.05, 3.63) is 0 Å². The van der Waals surface area contributed by atoms with Crippen molar-refractivity contribution in [2.24, 2.45) is 5.41 Å². The van der Waals surface area contributed by atoms with Gasteiger partial charge in [-0.15, -0.1) is 0 Å². The fraction of sp³-hybridized carbons (Fsp3) is 0.786. The highest BCUT2D eigenvalue weighted by Gasteiger charge is 2.34. The van der Waals surface area contributed by atoms with Gasteiger partial charge in [0.15, 0.2) is 0 Å². The van der Waals surface area contributed by atoms with Crippen molar-refractivity contribution < 1.29 is 24.6 Å². The van der Waals surface area contributed by atoms with Crippen LogP contribution in [0.5, 0.6) is 0 Å². The molecule has 1 saturated heterocycles. The fourth-order valence-corrected chi connectivity index (χ4v) is 2.85. The van der Waals surface area contributed by atoms with Crippen molar-refractivity contribution in [2.45, 2.75) is 39.5 Å². The van der Waals surface area contributed by atoms with Gasteiger partial charge in [0.05, 0.1) is 0 Å². The standard InChI is InChI=1S/C14H24N2O5/c1-3-14(4-2)5-7-15(8-6-14)13(21)16(9-11(17)18)10-12(19)20/h3-10H2,1-2H3,(H,17,18)(H,19,20). The SMILES string of the molecule is CCC1(CC)CCN(C(=O)N(CC(=O)O)CC(=O)O)CC1. The first kappa shape index (κ1) is 17.3. The van der Waals surface area contributed by atoms with Crippen LogP contribution in [-0.2, 0) is 9.59 Å². The second-order valence-corrected chi connectivity index (χ2v) is 5.62. The van der Waals surface area contributed by atoms with Gasteiger partial charge < -0.3 is 20.0 Å². The maximum Gasteiger partial charge on any atom is 0.323 e. The molecule has 1 aliphatic heterocycles. The number of carboxylic acid groups (broad SMARTS) is 2. The molecule has 0 atom stereocenters. The van der Waals surface area contributed by atoms with E-state index < -0.39 is 31.1 Å². The van der Waals surface area contributed by atoms with Crippen LogP contribution in [0.25, 0.3) is 0 Å². The molecule has 0 bridgehead atoms. The minimum atomic E-state index is -1.21. The van der Waals surface area contributed by atoms with E-state index in [1.54, 1.807) is 4.90 Å². The van der Waals surface area contributed by atoms with Crippen molar-refractivity contribution in [3.63, 3.8) is 0 Å². The number of hydrogen-bond donors (Lipinski definition) is 2. The second-order valence-electron chi connectivity index (χ2n) is 5.62. The summed E-state index contributed by atoms with van der Waals surface area (Å²) in [7, 11) is 0. The summed E-state index contributed by atoms with van der Waals surface area (Å²) in [6.07, 6.45) is 3.86. The number of aliphatic carboxylic acids is 2. The van der Waals surface area contributed by atoms with Crippen molar-refractivity contribution >= 4 is 18.0 Å². The summed E-state index contributed by atoms with van der Waals surface area (Å²) in [6, 6.07) is -0.499. The summed E-state index contributed by atoms with van der Waals surface area (Å²) in [4.78, 5) is 36.3. The Bertz CT molecular complexity index is 380. The molecule has 0 unspecified atom stereocenters. The van der Waals surface area contributed by atoms with Crippen LogP contribution in [-0.4, -0.2) is 64.2 Å². The molecule has 2 N–H and O–H groups in total. The molecular formula is C14H24N2O5. The number of rotatable bonds is 6. The maximum absolute atomic E-state index is 12.3. The largest absolute Gasteiger partial charge is 0.480 e. The zero-order valence-electron chi connectivity index (χ0n) is 12.7. The molecule has 0 spiro atoms. The average Bonchev–Trinajstić information content (AvgIpc) is 2.45. The van der Waals surface area contributed by atoms with Gasteiger partial charge in [0.1, 0.15) is 13.1 Å². The summed E-state index contributed by atoms with van der Waals surface area (Å²) in [5.41, 5.74) is 0.251. The summed E-state index contributed by atoms with van der Waals surface area (Å²) in [6.45, 7) is 4.21. The number of carbonyl (C=O) groups is 3. The number of urea groups is 1. The van der Waals surface area contributed by atoms with E-state index in [9.17, 15) is 14.4 Å². The molecule has 7 heteroatoms. The van der Waals surface area contributed by atoms with E-state index in [0.29, 0.717) is 13.1 Å². The monoisotopic (exact) mass is 300 g/mol. The number of likely N-dealkylation sites (tertiary alicyclic amines) is 1. The van der Waals surface area contributed by atoms with E-state index in [0.717, 1.165) is 30.6 Å². The molecule has 0 aromatic rings. The van der Waals surface area contributed by atoms with Crippen LogP contribution in [0.15, 0.2) is 0 Å². The number of nitrogens with zero attached hydrogens (tertiary/aromatic N) is 2. The molecule has 0 saturated carbocycles. The Kier molecular flexibility index (Phi) is 5.99. The van der Waals surface area contributed by atoms with E-state index in [2.05, 4.69) is 13.8 Å². The van der Waals surface area contributed by atoms with Gasteiger partial charge >= 0.3 is 18.0 Å². The Hall–Kier alpha value is -1.79. The summed E-state index contributed by atoms with van der Waals surface area (Å²) in [5, 5.41) is 17.6. The summed E-state index contributed by atoms with van der Waals surface area (Å²) >= 11 is 0. The van der Waals surface area contributed by atoms with Crippen LogP contribution < -0.4 is 0 Å². The molecule has 1 heterocycles. The third kappa shape index (κ3) is 4.61. The Morgan fingerprint density at radius 1 is 1.00 bits per heavy atom. The first-order chi connectivity index (χ1) is 9.83. The van der Waals surface area contributed by atoms with E-state index in [1.165, 1.54) is 0 Å². The third-order valence-electron chi connectivity index (χ3n) is 4.52. The lowest BCUT2D eigenvalue weighted by Crippen LogP contribution is -2.51. The quantitative estimate of drug-likeness (QED) is 0.774. The number of piperidine rings is 1. The second kappa shape index (κ2) is 7.28. The van der Waals surface area contributed by atoms with Gasteiger partial charge in [0.25, 0.3) is 0 Å². The minimum Gasteiger partial charge on any atom is -0.480 e. The Morgan fingerprint density at radius 2 is 1.43 bits per heavy atom. The lowest BCUT2D eigenvalue weighted by molar-refractivity contribution is -0.140. The molecule has 120 valence electrons. The van der Waals surface area contributed by atoms with E-state index in [1.807, 2.05) is 0 Å². The van der Waals surface area contributed by atoms with Gasteiger partial charge in [-0.05, 0) is 18.3 Å². The Morgan fingerprint density at radius 3 is 1.76 bits per heavy atom. The van der Waals surface area contributed by atoms with Gasteiger partial charge in [-0.25, -0.2) is 4.79 Å². The Labute approximate surface area is 124 Å². The highest BCUT2D eigenvalue weighted by Crippen LogP contribution is 2.38. The van der Waals surface area contributed by atoms with E-state index in [4.69, 9.17) is 10.2 Å². The number of carbonyl (C=O) groups excluding carboxylic acids is 1. The van der Waals surface area contributed by atoms with Gasteiger partial charge in [-0.2, -0.15) is 0 Å². The molecule has 1 fully saturated rings. The molecular weight excluding hydrogens is 276 g/mol. The highest BCUT2D eigenvalue weighted by molar-refractivity contribution is 5.84. The number of hydrogen-bond acceptors (Lipinski definition) is 3. The van der Waals surface area contributed by atoms with Crippen LogP contribution in [0, 0.1) is 5.41 Å². The fourth-order valence-electron chi connectivity index (χ4n) is 2.85. The Balaban J connectivity index is 2.68. The molecule has 0 aromatic carbocycles. The van der Waals surface area contributed by atoms with Gasteiger partial charge in [0.2, 0.25) is 0 Å². The normalized spacial score (nSPS) is 17.3. The minimum absolute atomic E-state index is 0.251. The molecule has 0 radical (unpaired) electrons. The molecule has 0 aromatic heterocycles. The van der Waals surface area contributed by atoms with Crippen molar-refractivity contribution in [3.8, 4) is 0 Å². The molecule has 21 heavy (non-hydrogen) atoms. The van der Waals surface area contributed by atoms with Gasteiger partial charge in [-0.1, -0.05) is 26.7 Å². The van der Waals surface area contributed by atoms with Crippen molar-refractivity contribution in [2.75, 3.05) is 26.2 Å². The van der Waals surface area contributed by atoms with Crippen LogP contribution in [0.1, 0.15) is 39.5 Å². The molecule has 2 amide bonds. The van der Waals surface area contributed by atoms with E-state index in [-0.39, 0.29) is 5.41 Å². The summed E-state index contributed by atoms with van der Waals surface area (Å²) in [5.74, 6) is -2.42. The van der Waals surface area contributed by atoms with Crippen LogP contribution in [0.4, 0.5) is 4.79 Å². The number of carboxylic acids is 2. The predicted octanol–water partition coefficient (Wildman–Crippen LogP) is 1.48. The topological polar surface area (TPSA) is 98.2 Å². The van der Waals surface area contributed by atoms with Gasteiger partial charge in [-0.3, -0.25) is 9.59 Å². The molecule has 1 aliphatic rings. The lowest BCUT2D eigenvalue weighted by Gasteiger charge is -2.42. The molecule has 7 nitrogen and oxygen atoms in total. The maximum atomic E-state index is 12.3. The van der Waals surface area contributed by atoms with Crippen molar-refractivity contribution in [1.82, 2.24) is 9.80 Å². The average molecular weight is 300 g/mol. The lowest BCUT2D eigenvalue weighted by atomic mass is 9.74. The van der Waals surface area contributed by atoms with Crippen LogP contribution in [0.2, 0.25) is 0 Å². The van der Waals surface area contributed by atoms with Crippen molar-refractivity contribution in [1.29, 1.82) is 0 Å². The zero-order chi connectivity index (χ0) is 16.0. The first-order valence-corrected chi connectivity index (χ1v) is 7.31. The highest BCUT2D eigenvalue weighted by atomic mass is 16.4. The zero-order valence-corrected chi connectivity index (χ0v) is 12.7. The predicted molar refractivity (Wildman–Crippen MR) is 76.1 cm³/mol. The third-order valence-corrected chi connectivity index (χ3v) is 4.52. The first-order valence-electron chi connectivity index (χ1n) is 7.31. The molecule has 1 rings (SSSR count). The smallest absolute Gasteiger partial charge is 0.323 e. The van der Waals surface area contributed by atoms with Crippen LogP contribution >= 0.6 is 0 Å². The number of amides is 2.